The van der Waals surface area contributed by atoms with Crippen LogP contribution in [-0.4, -0.2) is 20.2 Å². The van der Waals surface area contributed by atoms with Crippen LogP contribution in [0.15, 0.2) is 12.1 Å². The Morgan fingerprint density at radius 3 is 2.71 bits per heavy atom. The third kappa shape index (κ3) is 3.14. The summed E-state index contributed by atoms with van der Waals surface area (Å²) in [4.78, 5) is 0. The molecule has 1 aliphatic carbocycles. The molecule has 0 saturated heterocycles. The van der Waals surface area contributed by atoms with Crippen LogP contribution in [0, 0.1) is 5.92 Å². The molecule has 112 valence electrons. The quantitative estimate of drug-likeness (QED) is 0.871. The van der Waals surface area contributed by atoms with Crippen LogP contribution in [0.4, 0.5) is 5.69 Å². The van der Waals surface area contributed by atoms with Gasteiger partial charge in [0.25, 0.3) is 0 Å². The average molecular weight is 326 g/mol. The molecule has 7 heteroatoms. The van der Waals surface area contributed by atoms with Crippen LogP contribution in [-0.2, 0) is 6.54 Å². The summed E-state index contributed by atoms with van der Waals surface area (Å²) in [7, 11) is 0. The number of nitrogens with zero attached hydrogens (tertiary/aromatic N) is 4. The summed E-state index contributed by atoms with van der Waals surface area (Å²) in [6.07, 6.45) is 6.35. The summed E-state index contributed by atoms with van der Waals surface area (Å²) < 4.78 is 1.81. The Kier molecular flexibility index (Phi) is 4.31. The third-order valence-electron chi connectivity index (χ3n) is 3.98. The van der Waals surface area contributed by atoms with Gasteiger partial charge in [-0.25, -0.2) is 4.68 Å². The van der Waals surface area contributed by atoms with Crippen molar-refractivity contribution in [1.82, 2.24) is 20.2 Å². The maximum atomic E-state index is 6.27. The van der Waals surface area contributed by atoms with Gasteiger partial charge in [-0.3, -0.25) is 0 Å². The monoisotopic (exact) mass is 325 g/mol. The summed E-state index contributed by atoms with van der Waals surface area (Å²) in [6, 6.07) is 3.39. The first-order chi connectivity index (χ1) is 10.1. The number of hydrogen-bond acceptors (Lipinski definition) is 4. The first-order valence-electron chi connectivity index (χ1n) is 7.16. The number of anilines is 1. The lowest BCUT2D eigenvalue weighted by molar-refractivity contribution is 0.307. The predicted octanol–water partition coefficient (Wildman–Crippen LogP) is 3.81. The van der Waals surface area contributed by atoms with E-state index in [2.05, 4.69) is 15.5 Å². The highest BCUT2D eigenvalue weighted by molar-refractivity contribution is 6.43. The Hall–Kier alpha value is -1.33. The van der Waals surface area contributed by atoms with Crippen molar-refractivity contribution in [2.24, 2.45) is 5.92 Å². The van der Waals surface area contributed by atoms with E-state index in [4.69, 9.17) is 28.9 Å². The van der Waals surface area contributed by atoms with E-state index in [0.29, 0.717) is 33.0 Å². The molecule has 0 atom stereocenters. The lowest BCUT2D eigenvalue weighted by atomic mass is 9.89. The van der Waals surface area contributed by atoms with Crippen molar-refractivity contribution in [1.29, 1.82) is 0 Å². The Balaban J connectivity index is 1.91. The number of tetrazole rings is 1. The van der Waals surface area contributed by atoms with Crippen molar-refractivity contribution in [3.8, 4) is 11.4 Å². The predicted molar refractivity (Wildman–Crippen MR) is 84.3 cm³/mol. The first kappa shape index (κ1) is 14.6. The number of hydrogen-bond donors (Lipinski definition) is 1. The molecule has 0 aliphatic heterocycles. The number of aromatic nitrogens is 4. The second-order valence-electron chi connectivity index (χ2n) is 5.55. The zero-order valence-electron chi connectivity index (χ0n) is 11.6. The van der Waals surface area contributed by atoms with Crippen LogP contribution in [0.1, 0.15) is 32.1 Å². The van der Waals surface area contributed by atoms with Crippen LogP contribution in [0.2, 0.25) is 10.0 Å². The van der Waals surface area contributed by atoms with Crippen molar-refractivity contribution in [3.05, 3.63) is 22.2 Å². The van der Waals surface area contributed by atoms with Crippen molar-refractivity contribution in [2.75, 3.05) is 5.73 Å². The SMILES string of the molecule is Nc1cc(Cl)c(Cl)c(-c2nnnn2CC2CCCCC2)c1. The largest absolute Gasteiger partial charge is 0.399 e. The molecule has 1 aromatic heterocycles. The van der Waals surface area contributed by atoms with E-state index in [1.54, 1.807) is 12.1 Å². The zero-order valence-corrected chi connectivity index (χ0v) is 13.1. The number of rotatable bonds is 3. The highest BCUT2D eigenvalue weighted by Gasteiger charge is 2.20. The molecule has 0 radical (unpaired) electrons. The maximum Gasteiger partial charge on any atom is 0.183 e. The van der Waals surface area contributed by atoms with Gasteiger partial charge in [-0.1, -0.05) is 42.5 Å². The summed E-state index contributed by atoms with van der Waals surface area (Å²) >= 11 is 12.4. The molecular weight excluding hydrogens is 309 g/mol. The van der Waals surface area contributed by atoms with Crippen LogP contribution >= 0.6 is 23.2 Å². The van der Waals surface area contributed by atoms with E-state index >= 15 is 0 Å². The highest BCUT2D eigenvalue weighted by atomic mass is 35.5. The zero-order chi connectivity index (χ0) is 14.8. The second-order valence-corrected chi connectivity index (χ2v) is 6.34. The Morgan fingerprint density at radius 1 is 1.19 bits per heavy atom. The lowest BCUT2D eigenvalue weighted by Crippen LogP contribution is -2.16. The molecule has 5 nitrogen and oxygen atoms in total. The van der Waals surface area contributed by atoms with Crippen LogP contribution in [0.25, 0.3) is 11.4 Å². The van der Waals surface area contributed by atoms with Crippen molar-refractivity contribution >= 4 is 28.9 Å². The molecular formula is C14H17Cl2N5. The van der Waals surface area contributed by atoms with Gasteiger partial charge in [-0.05, 0) is 41.3 Å². The van der Waals surface area contributed by atoms with Crippen LogP contribution in [0.5, 0.6) is 0 Å². The molecule has 0 unspecified atom stereocenters. The number of nitrogens with two attached hydrogens (primary N) is 1. The van der Waals surface area contributed by atoms with Crippen molar-refractivity contribution in [2.45, 2.75) is 38.6 Å². The van der Waals surface area contributed by atoms with E-state index in [-0.39, 0.29) is 0 Å². The van der Waals surface area contributed by atoms with Crippen molar-refractivity contribution in [3.63, 3.8) is 0 Å². The maximum absolute atomic E-state index is 6.27. The van der Waals surface area contributed by atoms with Gasteiger partial charge < -0.3 is 5.73 Å². The molecule has 3 rings (SSSR count). The fourth-order valence-electron chi connectivity index (χ4n) is 2.91. The average Bonchev–Trinajstić information content (AvgIpc) is 2.92. The summed E-state index contributed by atoms with van der Waals surface area (Å²) in [6.45, 7) is 0.811. The van der Waals surface area contributed by atoms with Gasteiger partial charge in [-0.2, -0.15) is 0 Å². The van der Waals surface area contributed by atoms with E-state index in [1.807, 2.05) is 4.68 Å². The van der Waals surface area contributed by atoms with Gasteiger partial charge in [0.1, 0.15) is 0 Å². The number of halogens is 2. The smallest absolute Gasteiger partial charge is 0.183 e. The molecule has 2 aromatic rings. The third-order valence-corrected chi connectivity index (χ3v) is 4.78. The molecule has 1 heterocycles. The first-order valence-corrected chi connectivity index (χ1v) is 7.92. The summed E-state index contributed by atoms with van der Waals surface area (Å²) in [5.41, 5.74) is 7.08. The topological polar surface area (TPSA) is 69.6 Å². The molecule has 21 heavy (non-hydrogen) atoms. The van der Waals surface area contributed by atoms with Gasteiger partial charge >= 0.3 is 0 Å². The van der Waals surface area contributed by atoms with Gasteiger partial charge in [0.05, 0.1) is 10.0 Å². The molecule has 1 aliphatic rings. The minimum atomic E-state index is 0.416. The van der Waals surface area contributed by atoms with Crippen LogP contribution in [0.3, 0.4) is 0 Å². The van der Waals surface area contributed by atoms with E-state index < -0.39 is 0 Å². The Bertz CT molecular complexity index is 634. The van der Waals surface area contributed by atoms with E-state index in [1.165, 1.54) is 32.1 Å². The van der Waals surface area contributed by atoms with Gasteiger partial charge in [0.2, 0.25) is 0 Å². The molecule has 0 bridgehead atoms. The Labute approximate surface area is 133 Å². The van der Waals surface area contributed by atoms with Crippen molar-refractivity contribution < 1.29 is 0 Å². The van der Waals surface area contributed by atoms with E-state index in [9.17, 15) is 0 Å². The molecule has 1 fully saturated rings. The highest BCUT2D eigenvalue weighted by Crippen LogP contribution is 2.35. The molecule has 1 aromatic carbocycles. The normalized spacial score (nSPS) is 16.3. The van der Waals surface area contributed by atoms with E-state index in [0.717, 1.165) is 6.54 Å². The number of benzene rings is 1. The summed E-state index contributed by atoms with van der Waals surface area (Å²) in [5, 5.41) is 12.8. The molecule has 1 saturated carbocycles. The number of nitrogen functional groups attached to an aromatic ring is 1. The standard InChI is InChI=1S/C14H17Cl2N5/c15-12-7-10(17)6-11(13(12)16)14-18-19-20-21(14)8-9-4-2-1-3-5-9/h6-7,9H,1-5,8,17H2. The van der Waals surface area contributed by atoms with Crippen LogP contribution < -0.4 is 5.73 Å². The van der Waals surface area contributed by atoms with Gasteiger partial charge in [0, 0.05) is 17.8 Å². The Morgan fingerprint density at radius 2 is 1.95 bits per heavy atom. The molecule has 0 amide bonds. The molecule has 0 spiro atoms. The minimum Gasteiger partial charge on any atom is -0.399 e. The lowest BCUT2D eigenvalue weighted by Gasteiger charge is -2.21. The summed E-state index contributed by atoms with van der Waals surface area (Å²) in [5.74, 6) is 1.25. The fourth-order valence-corrected chi connectivity index (χ4v) is 3.33. The van der Waals surface area contributed by atoms with Gasteiger partial charge in [0.15, 0.2) is 5.82 Å². The minimum absolute atomic E-state index is 0.416. The second kappa shape index (κ2) is 6.20. The van der Waals surface area contributed by atoms with Gasteiger partial charge in [-0.15, -0.1) is 5.10 Å². The molecule has 2 N–H and O–H groups in total. The fraction of sp³-hybridized carbons (Fsp3) is 0.500.